The Balaban J connectivity index is 1.15. The molecule has 0 N–H and O–H groups in total. The molecule has 0 aromatic heterocycles. The summed E-state index contributed by atoms with van der Waals surface area (Å²) in [6, 6.07) is 46.8. The number of rotatable bonds is 21. The van der Waals surface area contributed by atoms with E-state index in [0.717, 1.165) is 76.1 Å². The van der Waals surface area contributed by atoms with Gasteiger partial charge in [-0.2, -0.15) is 0 Å². The van der Waals surface area contributed by atoms with E-state index >= 15 is 0 Å². The van der Waals surface area contributed by atoms with E-state index in [0.29, 0.717) is 54.4 Å². The van der Waals surface area contributed by atoms with Gasteiger partial charge < -0.3 is 9.47 Å². The van der Waals surface area contributed by atoms with Gasteiger partial charge in [-0.3, -0.25) is 4.79 Å². The van der Waals surface area contributed by atoms with Gasteiger partial charge in [0.25, 0.3) is 0 Å². The molecule has 0 atom stereocenters. The van der Waals surface area contributed by atoms with Crippen molar-refractivity contribution < 1.29 is 33.2 Å². The topological polar surface area (TPSA) is 72.5 Å². The van der Waals surface area contributed by atoms with Gasteiger partial charge in [0, 0.05) is 5.56 Å². The summed E-state index contributed by atoms with van der Waals surface area (Å²) in [5, 5.41) is 3.25. The van der Waals surface area contributed by atoms with Crippen molar-refractivity contribution in [3.05, 3.63) is 162 Å². The molecular weight excluding hydrogens is 767 g/mol. The average molecular weight is 819 g/mol. The molecule has 6 aromatic rings. The van der Waals surface area contributed by atoms with Crippen LogP contribution in [-0.4, -0.2) is 47.9 Å². The Kier molecular flexibility index (Phi) is 14.4. The molecule has 6 aromatic carbocycles. The summed E-state index contributed by atoms with van der Waals surface area (Å²) < 4.78 is 35.4. The fourth-order valence-corrected chi connectivity index (χ4v) is 13.6. The number of carbonyl (C=O) groups is 1. The Morgan fingerprint density at radius 2 is 0.931 bits per heavy atom. The first-order valence-corrected chi connectivity index (χ1v) is 22.9. The molecule has 0 unspecified atom stereocenters. The van der Waals surface area contributed by atoms with Gasteiger partial charge in [-0.05, 0) is 43.9 Å². The molecule has 0 saturated carbocycles. The molecule has 0 aliphatic heterocycles. The van der Waals surface area contributed by atoms with E-state index in [2.05, 4.69) is 91.0 Å². The van der Waals surface area contributed by atoms with Crippen LogP contribution in [0, 0.1) is 0 Å². The molecular formula is C49H52ClO7P. The molecule has 0 heterocycles. The molecule has 0 aliphatic carbocycles. The van der Waals surface area contributed by atoms with Crippen LogP contribution in [0.5, 0.6) is 34.5 Å². The molecule has 6 rings (SSSR count). The number of halogens is 1. The number of hydrogen-bond donors (Lipinski definition) is 0. The zero-order valence-electron chi connectivity index (χ0n) is 33.7. The van der Waals surface area contributed by atoms with Crippen molar-refractivity contribution >= 4 is 39.4 Å². The van der Waals surface area contributed by atoms with Crippen molar-refractivity contribution in [3.63, 3.8) is 0 Å². The van der Waals surface area contributed by atoms with Crippen LogP contribution in [-0.2, 0) is 12.6 Å². The number of hydrogen-bond acceptors (Lipinski definition) is 7. The second kappa shape index (κ2) is 19.8. The average Bonchev–Trinajstić information content (AvgIpc) is 3.28. The summed E-state index contributed by atoms with van der Waals surface area (Å²) >= 11 is 8.45. The third-order valence-corrected chi connectivity index (χ3v) is 17.7. The van der Waals surface area contributed by atoms with Gasteiger partial charge in [-0.15, -0.1) is 0 Å². The van der Waals surface area contributed by atoms with Gasteiger partial charge in [0.2, 0.25) is 0 Å². The van der Waals surface area contributed by atoms with Crippen LogP contribution in [0.25, 0.3) is 0 Å². The third kappa shape index (κ3) is 9.28. The van der Waals surface area contributed by atoms with Gasteiger partial charge in [-0.25, -0.2) is 0 Å². The van der Waals surface area contributed by atoms with E-state index in [9.17, 15) is 4.79 Å². The predicted molar refractivity (Wildman–Crippen MR) is 238 cm³/mol. The molecule has 302 valence electrons. The summed E-state index contributed by atoms with van der Waals surface area (Å²) in [5.74, 6) is 0.445. The maximum absolute atomic E-state index is 11.0. The van der Waals surface area contributed by atoms with Crippen molar-refractivity contribution in [1.82, 2.24) is 0 Å². The van der Waals surface area contributed by atoms with Crippen LogP contribution in [0.4, 0.5) is 0 Å². The normalized spacial score (nSPS) is 11.8. The standard InChI is InChI=1S/C49H52ClO7P/c1-52-46-34-40(36-58(50,41-18-10-7-11-19-41,42-20-12-8-13-21-42)43-22-14-9-15-23-43)47(53-2)33-39(46)30-37-24-26-44(48(31-37)54-3)56-28-16-5-6-17-29-57-45-27-25-38(35-51)32-49(45)55-4/h7-15,18-27,31-35H,5-6,16-17,28-30,36H2,1-4H3. The summed E-state index contributed by atoms with van der Waals surface area (Å²) in [6.07, 6.45) is 5.69. The molecule has 7 nitrogen and oxygen atoms in total. The minimum absolute atomic E-state index is 0.520. The van der Waals surface area contributed by atoms with Crippen LogP contribution in [0.1, 0.15) is 52.7 Å². The van der Waals surface area contributed by atoms with Gasteiger partial charge >= 0.3 is 254 Å². The van der Waals surface area contributed by atoms with E-state index in [1.54, 1.807) is 46.6 Å². The van der Waals surface area contributed by atoms with E-state index < -0.39 is 5.96 Å². The first-order valence-electron chi connectivity index (χ1n) is 19.5. The minimum atomic E-state index is -3.64. The molecule has 0 radical (unpaired) electrons. The first-order chi connectivity index (χ1) is 28.3. The summed E-state index contributed by atoms with van der Waals surface area (Å²) in [4.78, 5) is 11.0. The Morgan fingerprint density at radius 1 is 0.483 bits per heavy atom. The second-order valence-electron chi connectivity index (χ2n) is 14.1. The Bertz CT molecular complexity index is 2150. The van der Waals surface area contributed by atoms with Crippen LogP contribution < -0.4 is 44.3 Å². The number of benzene rings is 6. The van der Waals surface area contributed by atoms with Gasteiger partial charge in [0.05, 0.1) is 13.7 Å². The third-order valence-electron chi connectivity index (χ3n) is 10.5. The van der Waals surface area contributed by atoms with Crippen LogP contribution in [0.3, 0.4) is 0 Å². The Hall–Kier alpha value is -5.49. The van der Waals surface area contributed by atoms with E-state index in [1.807, 2.05) is 30.3 Å². The van der Waals surface area contributed by atoms with Gasteiger partial charge in [0.1, 0.15) is 6.29 Å². The monoisotopic (exact) mass is 818 g/mol. The number of methoxy groups -OCH3 is 4. The molecule has 0 aliphatic rings. The Morgan fingerprint density at radius 3 is 1.41 bits per heavy atom. The quantitative estimate of drug-likeness (QED) is 0.0407. The van der Waals surface area contributed by atoms with Crippen LogP contribution in [0.15, 0.2) is 140 Å². The summed E-state index contributed by atoms with van der Waals surface area (Å²) in [5.41, 5.74) is 3.54. The Labute approximate surface area is 347 Å². The fraction of sp³-hybridized carbons (Fsp3) is 0.245. The zero-order chi connectivity index (χ0) is 40.8. The van der Waals surface area contributed by atoms with E-state index in [-0.39, 0.29) is 0 Å². The van der Waals surface area contributed by atoms with Crippen LogP contribution >= 0.6 is 17.2 Å². The predicted octanol–water partition coefficient (Wildman–Crippen LogP) is 10.3. The molecule has 58 heavy (non-hydrogen) atoms. The first kappa shape index (κ1) is 42.1. The number of aldehydes is 1. The van der Waals surface area contributed by atoms with Crippen molar-refractivity contribution in [2.45, 2.75) is 38.3 Å². The summed E-state index contributed by atoms with van der Waals surface area (Å²) in [6.45, 7) is 1.14. The molecule has 0 spiro atoms. The van der Waals surface area contributed by atoms with E-state index in [4.69, 9.17) is 39.7 Å². The SMILES string of the molecule is COc1cc(CP(Cl)(c2ccccc2)(c2ccccc2)c2ccccc2)c(OC)cc1Cc1ccc(OCCCCCCOc2ccc(C=O)cc2OC)c(OC)c1. The molecule has 0 bridgehead atoms. The maximum atomic E-state index is 11.0. The van der Waals surface area contributed by atoms with E-state index in [1.165, 1.54) is 0 Å². The van der Waals surface area contributed by atoms with Crippen molar-refractivity contribution in [1.29, 1.82) is 0 Å². The molecule has 0 fully saturated rings. The summed E-state index contributed by atoms with van der Waals surface area (Å²) in [7, 11) is 6.65. The second-order valence-corrected chi connectivity index (χ2v) is 20.6. The number of carbonyl (C=O) groups excluding carboxylic acids is 1. The van der Waals surface area contributed by atoms with Crippen LogP contribution in [0.2, 0.25) is 0 Å². The zero-order valence-corrected chi connectivity index (χ0v) is 35.3. The number of ether oxygens (including phenoxy) is 6. The van der Waals surface area contributed by atoms with Crippen molar-refractivity contribution in [2.24, 2.45) is 0 Å². The molecule has 0 saturated heterocycles. The van der Waals surface area contributed by atoms with Crippen molar-refractivity contribution in [3.8, 4) is 34.5 Å². The number of unbranched alkanes of at least 4 members (excludes halogenated alkanes) is 3. The van der Waals surface area contributed by atoms with Crippen molar-refractivity contribution in [2.75, 3.05) is 41.7 Å². The molecule has 9 heteroatoms. The fourth-order valence-electron chi connectivity index (χ4n) is 7.50. The van der Waals surface area contributed by atoms with Gasteiger partial charge in [0.15, 0.2) is 11.5 Å². The molecule has 0 amide bonds. The van der Waals surface area contributed by atoms with Gasteiger partial charge in [-0.1, -0.05) is 0 Å².